The Balaban J connectivity index is 1.10. The van der Waals surface area contributed by atoms with Crippen LogP contribution in [0.25, 0.3) is 121 Å². The predicted octanol–water partition coefficient (Wildman–Crippen LogP) is 13.6. The van der Waals surface area contributed by atoms with E-state index in [1.807, 2.05) is 18.2 Å². The van der Waals surface area contributed by atoms with Gasteiger partial charge in [0.25, 0.3) is 0 Å². The molecule has 3 aromatic heterocycles. The second-order valence-corrected chi connectivity index (χ2v) is 14.3. The SMILES string of the molecule is c1ccc(-c2cc(-c3ccc4ccc5cccc6ccc3c4c56)nc(-c3ccc(-c4nc5oc6ccccc6c5c5ccccc45)c4ccccc34)n2)cc1. The van der Waals surface area contributed by atoms with E-state index in [9.17, 15) is 0 Å². The van der Waals surface area contributed by atoms with Gasteiger partial charge >= 0.3 is 0 Å². The monoisotopic (exact) mass is 699 g/mol. The normalized spacial score (nSPS) is 12.0. The van der Waals surface area contributed by atoms with Gasteiger partial charge in [-0.3, -0.25) is 0 Å². The summed E-state index contributed by atoms with van der Waals surface area (Å²) in [5.41, 5.74) is 8.25. The summed E-state index contributed by atoms with van der Waals surface area (Å²) in [6.45, 7) is 0. The zero-order valence-electron chi connectivity index (χ0n) is 29.5. The Labute approximate surface area is 315 Å². The lowest BCUT2D eigenvalue weighted by Gasteiger charge is -2.16. The average Bonchev–Trinajstić information content (AvgIpc) is 3.64. The van der Waals surface area contributed by atoms with Crippen LogP contribution in [0.5, 0.6) is 0 Å². The number of pyridine rings is 1. The number of para-hydroxylation sites is 1. The smallest absolute Gasteiger partial charge is 0.228 e. The molecule has 12 rings (SSSR count). The van der Waals surface area contributed by atoms with Crippen LogP contribution in [0.2, 0.25) is 0 Å². The van der Waals surface area contributed by atoms with Crippen LogP contribution < -0.4 is 0 Å². The molecule has 0 bridgehead atoms. The zero-order chi connectivity index (χ0) is 36.0. The van der Waals surface area contributed by atoms with Crippen LogP contribution in [0.15, 0.2) is 180 Å². The fourth-order valence-corrected chi connectivity index (χ4v) is 8.77. The number of nitrogens with zero attached hydrogens (tertiary/aromatic N) is 3. The van der Waals surface area contributed by atoms with Crippen LogP contribution in [0.4, 0.5) is 0 Å². The second kappa shape index (κ2) is 11.5. The van der Waals surface area contributed by atoms with Gasteiger partial charge in [-0.05, 0) is 66.7 Å². The minimum atomic E-state index is 0.639. The molecule has 0 saturated carbocycles. The van der Waals surface area contributed by atoms with Crippen molar-refractivity contribution in [1.29, 1.82) is 0 Å². The number of hydrogen-bond donors (Lipinski definition) is 0. The first kappa shape index (κ1) is 30.1. The average molecular weight is 700 g/mol. The van der Waals surface area contributed by atoms with E-state index < -0.39 is 0 Å². The van der Waals surface area contributed by atoms with Crippen LogP contribution in [0.3, 0.4) is 0 Å². The summed E-state index contributed by atoms with van der Waals surface area (Å²) in [4.78, 5) is 15.9. The number of benzene rings is 9. The Kier molecular flexibility index (Phi) is 6.31. The third kappa shape index (κ3) is 4.49. The summed E-state index contributed by atoms with van der Waals surface area (Å²) in [5.74, 6) is 0.676. The molecule has 0 radical (unpaired) electrons. The van der Waals surface area contributed by atoms with Gasteiger partial charge in [-0.25, -0.2) is 15.0 Å². The molecule has 0 fully saturated rings. The van der Waals surface area contributed by atoms with Crippen molar-refractivity contribution in [2.45, 2.75) is 0 Å². The molecule has 9 aromatic carbocycles. The molecule has 0 amide bonds. The largest absolute Gasteiger partial charge is 0.438 e. The first-order valence-electron chi connectivity index (χ1n) is 18.6. The highest BCUT2D eigenvalue weighted by Gasteiger charge is 2.21. The van der Waals surface area contributed by atoms with Gasteiger partial charge in [0.2, 0.25) is 5.71 Å². The quantitative estimate of drug-likeness (QED) is 0.172. The number of furan rings is 1. The lowest BCUT2D eigenvalue weighted by atomic mass is 9.91. The van der Waals surface area contributed by atoms with E-state index in [0.29, 0.717) is 11.5 Å². The third-order valence-corrected chi connectivity index (χ3v) is 11.3. The van der Waals surface area contributed by atoms with Gasteiger partial charge in [-0.15, -0.1) is 0 Å². The molecule has 0 aliphatic carbocycles. The molecule has 254 valence electrons. The Morgan fingerprint density at radius 3 is 1.76 bits per heavy atom. The van der Waals surface area contributed by atoms with Crippen molar-refractivity contribution in [2.75, 3.05) is 0 Å². The van der Waals surface area contributed by atoms with Crippen molar-refractivity contribution in [3.8, 4) is 45.2 Å². The summed E-state index contributed by atoms with van der Waals surface area (Å²) in [5, 5.41) is 13.9. The molecule has 12 aromatic rings. The van der Waals surface area contributed by atoms with Crippen LogP contribution in [-0.4, -0.2) is 15.0 Å². The maximum atomic E-state index is 6.38. The van der Waals surface area contributed by atoms with Crippen LogP contribution in [0, 0.1) is 0 Å². The molecule has 0 unspecified atom stereocenters. The van der Waals surface area contributed by atoms with Gasteiger partial charge in [-0.2, -0.15) is 0 Å². The summed E-state index contributed by atoms with van der Waals surface area (Å²) < 4.78 is 6.38. The van der Waals surface area contributed by atoms with Gasteiger partial charge in [0.1, 0.15) is 5.58 Å². The topological polar surface area (TPSA) is 51.8 Å². The number of fused-ring (bicyclic) bond motifs is 6. The van der Waals surface area contributed by atoms with Crippen molar-refractivity contribution in [2.24, 2.45) is 0 Å². The Bertz CT molecular complexity index is 3480. The van der Waals surface area contributed by atoms with Crippen molar-refractivity contribution in [1.82, 2.24) is 15.0 Å². The Morgan fingerprint density at radius 2 is 0.945 bits per heavy atom. The molecule has 0 aliphatic heterocycles. The Morgan fingerprint density at radius 1 is 0.345 bits per heavy atom. The minimum absolute atomic E-state index is 0.639. The molecule has 0 spiro atoms. The molecule has 3 heterocycles. The third-order valence-electron chi connectivity index (χ3n) is 11.3. The maximum Gasteiger partial charge on any atom is 0.228 e. The molecule has 0 saturated heterocycles. The van der Waals surface area contributed by atoms with Crippen LogP contribution >= 0.6 is 0 Å². The molecular formula is C51H29N3O. The van der Waals surface area contributed by atoms with Gasteiger partial charge in [-0.1, -0.05) is 158 Å². The van der Waals surface area contributed by atoms with Gasteiger partial charge in [0.05, 0.1) is 22.5 Å². The molecule has 0 aliphatic rings. The van der Waals surface area contributed by atoms with Gasteiger partial charge in [0.15, 0.2) is 5.82 Å². The van der Waals surface area contributed by atoms with E-state index in [0.717, 1.165) is 77.2 Å². The standard InChI is InChI=1S/C51H29N3O/c1-2-11-30(12-3-1)43-29-44(36-25-23-33-22-21-31-13-10-14-32-24-26-38(36)47(33)46(31)32)53-50(52-43)41-28-27-40(34-15-4-5-16-35(34)41)49-39-18-7-6-17-37(39)48-42-19-8-9-20-45(42)55-51(48)54-49/h1-29H. The molecule has 4 heteroatoms. The summed E-state index contributed by atoms with van der Waals surface area (Å²) in [6, 6.07) is 62.0. The number of hydrogen-bond acceptors (Lipinski definition) is 4. The fraction of sp³-hybridized carbons (Fsp3) is 0. The van der Waals surface area contributed by atoms with Gasteiger partial charge in [0, 0.05) is 33.0 Å². The number of rotatable bonds is 4. The second-order valence-electron chi connectivity index (χ2n) is 14.3. The van der Waals surface area contributed by atoms with E-state index in [-0.39, 0.29) is 0 Å². The highest BCUT2D eigenvalue weighted by molar-refractivity contribution is 6.25. The predicted molar refractivity (Wildman–Crippen MR) is 228 cm³/mol. The maximum absolute atomic E-state index is 6.38. The molecule has 4 nitrogen and oxygen atoms in total. The first-order chi connectivity index (χ1) is 27.3. The van der Waals surface area contributed by atoms with Crippen molar-refractivity contribution >= 4 is 75.9 Å². The van der Waals surface area contributed by atoms with Crippen molar-refractivity contribution < 1.29 is 4.42 Å². The van der Waals surface area contributed by atoms with E-state index in [4.69, 9.17) is 19.4 Å². The first-order valence-corrected chi connectivity index (χ1v) is 18.6. The molecule has 0 atom stereocenters. The lowest BCUT2D eigenvalue weighted by molar-refractivity contribution is 0.655. The highest BCUT2D eigenvalue weighted by atomic mass is 16.3. The van der Waals surface area contributed by atoms with Crippen molar-refractivity contribution in [3.05, 3.63) is 176 Å². The zero-order valence-corrected chi connectivity index (χ0v) is 29.5. The fourth-order valence-electron chi connectivity index (χ4n) is 8.77. The van der Waals surface area contributed by atoms with Gasteiger partial charge < -0.3 is 4.42 Å². The summed E-state index contributed by atoms with van der Waals surface area (Å²) in [7, 11) is 0. The van der Waals surface area contributed by atoms with E-state index in [1.54, 1.807) is 0 Å². The highest BCUT2D eigenvalue weighted by Crippen LogP contribution is 2.43. The van der Waals surface area contributed by atoms with E-state index in [1.165, 1.54) is 32.3 Å². The molecule has 0 N–H and O–H groups in total. The molecular weight excluding hydrogens is 671 g/mol. The lowest BCUT2D eigenvalue weighted by Crippen LogP contribution is -1.98. The van der Waals surface area contributed by atoms with E-state index >= 15 is 0 Å². The van der Waals surface area contributed by atoms with E-state index in [2.05, 4.69) is 158 Å². The molecule has 55 heavy (non-hydrogen) atoms. The number of aromatic nitrogens is 3. The van der Waals surface area contributed by atoms with Crippen LogP contribution in [0.1, 0.15) is 0 Å². The van der Waals surface area contributed by atoms with Crippen LogP contribution in [-0.2, 0) is 0 Å². The minimum Gasteiger partial charge on any atom is -0.438 e. The Hall–Kier alpha value is -7.43. The van der Waals surface area contributed by atoms with Crippen molar-refractivity contribution in [3.63, 3.8) is 0 Å². The summed E-state index contributed by atoms with van der Waals surface area (Å²) in [6.07, 6.45) is 0. The summed E-state index contributed by atoms with van der Waals surface area (Å²) >= 11 is 0.